The first-order chi connectivity index (χ1) is 7.16. The molecule has 82 valence electrons. The van der Waals surface area contributed by atoms with E-state index in [-0.39, 0.29) is 5.82 Å². The molecule has 2 atom stereocenters. The molecule has 1 nitrogen and oxygen atoms in total. The Morgan fingerprint density at radius 3 is 2.80 bits per heavy atom. The van der Waals surface area contributed by atoms with Crippen LogP contribution < -0.4 is 5.32 Å². The Hall–Kier alpha value is -0.570. The van der Waals surface area contributed by atoms with E-state index in [9.17, 15) is 4.39 Å². The van der Waals surface area contributed by atoms with Crippen molar-refractivity contribution >= 4 is 21.6 Å². The molecule has 0 aliphatic heterocycles. The standard InChI is InChI=1S/C12H15BrFN/c1-8-5-6-9(7-8)15-12-10(13)3-2-4-11(12)14/h2-4,8-9,15H,5-7H2,1H3. The van der Waals surface area contributed by atoms with Gasteiger partial charge in [0.05, 0.1) is 5.69 Å². The molecule has 0 amide bonds. The van der Waals surface area contributed by atoms with Gasteiger partial charge in [0.2, 0.25) is 0 Å². The second kappa shape index (κ2) is 4.52. The summed E-state index contributed by atoms with van der Waals surface area (Å²) in [5, 5.41) is 3.29. The zero-order valence-electron chi connectivity index (χ0n) is 8.76. The smallest absolute Gasteiger partial charge is 0.147 e. The maximum Gasteiger partial charge on any atom is 0.147 e. The van der Waals surface area contributed by atoms with Crippen LogP contribution in [-0.4, -0.2) is 6.04 Å². The highest BCUT2D eigenvalue weighted by Crippen LogP contribution is 2.31. The lowest BCUT2D eigenvalue weighted by molar-refractivity contribution is 0.597. The Morgan fingerprint density at radius 2 is 2.20 bits per heavy atom. The molecule has 1 aromatic rings. The average molecular weight is 272 g/mol. The third-order valence-electron chi connectivity index (χ3n) is 3.01. The molecule has 0 saturated heterocycles. The average Bonchev–Trinajstić information content (AvgIpc) is 2.58. The zero-order valence-corrected chi connectivity index (χ0v) is 10.3. The van der Waals surface area contributed by atoms with Crippen LogP contribution in [0.15, 0.2) is 22.7 Å². The maximum atomic E-state index is 13.5. The van der Waals surface area contributed by atoms with Gasteiger partial charge in [-0.1, -0.05) is 13.0 Å². The molecule has 0 radical (unpaired) electrons. The first-order valence-electron chi connectivity index (χ1n) is 5.37. The van der Waals surface area contributed by atoms with Gasteiger partial charge < -0.3 is 5.32 Å². The van der Waals surface area contributed by atoms with Gasteiger partial charge >= 0.3 is 0 Å². The van der Waals surface area contributed by atoms with Crippen molar-refractivity contribution in [1.29, 1.82) is 0 Å². The van der Waals surface area contributed by atoms with E-state index in [2.05, 4.69) is 28.2 Å². The van der Waals surface area contributed by atoms with E-state index in [0.29, 0.717) is 11.7 Å². The van der Waals surface area contributed by atoms with Crippen LogP contribution in [0, 0.1) is 11.7 Å². The summed E-state index contributed by atoms with van der Waals surface area (Å²) in [5.74, 6) is 0.581. The maximum absolute atomic E-state index is 13.5. The number of benzene rings is 1. The SMILES string of the molecule is CC1CCC(Nc2c(F)cccc2Br)C1. The van der Waals surface area contributed by atoms with Crippen LogP contribution in [0.25, 0.3) is 0 Å². The molecule has 0 bridgehead atoms. The predicted molar refractivity (Wildman–Crippen MR) is 64.5 cm³/mol. The largest absolute Gasteiger partial charge is 0.379 e. The number of anilines is 1. The molecule has 1 aromatic carbocycles. The van der Waals surface area contributed by atoms with E-state index in [0.717, 1.165) is 23.2 Å². The molecule has 2 rings (SSSR count). The van der Waals surface area contributed by atoms with E-state index in [4.69, 9.17) is 0 Å². The Balaban J connectivity index is 2.10. The van der Waals surface area contributed by atoms with Crippen molar-refractivity contribution in [3.63, 3.8) is 0 Å². The van der Waals surface area contributed by atoms with Crippen LogP contribution in [0.2, 0.25) is 0 Å². The molecular formula is C12H15BrFN. The number of rotatable bonds is 2. The monoisotopic (exact) mass is 271 g/mol. The fourth-order valence-electron chi connectivity index (χ4n) is 2.18. The van der Waals surface area contributed by atoms with Crippen molar-refractivity contribution in [2.75, 3.05) is 5.32 Å². The van der Waals surface area contributed by atoms with Gasteiger partial charge in [-0.2, -0.15) is 0 Å². The summed E-state index contributed by atoms with van der Waals surface area (Å²) >= 11 is 3.37. The summed E-state index contributed by atoms with van der Waals surface area (Å²) in [7, 11) is 0. The molecule has 15 heavy (non-hydrogen) atoms. The van der Waals surface area contributed by atoms with Gasteiger partial charge in [0.25, 0.3) is 0 Å². The topological polar surface area (TPSA) is 12.0 Å². The third-order valence-corrected chi connectivity index (χ3v) is 3.67. The number of hydrogen-bond acceptors (Lipinski definition) is 1. The second-order valence-electron chi connectivity index (χ2n) is 4.36. The normalized spacial score (nSPS) is 25.5. The highest BCUT2D eigenvalue weighted by molar-refractivity contribution is 9.10. The fraction of sp³-hybridized carbons (Fsp3) is 0.500. The highest BCUT2D eigenvalue weighted by Gasteiger charge is 2.22. The molecule has 1 fully saturated rings. The molecule has 0 spiro atoms. The van der Waals surface area contributed by atoms with Crippen LogP contribution in [-0.2, 0) is 0 Å². The van der Waals surface area contributed by atoms with Crippen LogP contribution in [0.5, 0.6) is 0 Å². The van der Waals surface area contributed by atoms with Gasteiger partial charge in [0, 0.05) is 10.5 Å². The summed E-state index contributed by atoms with van der Waals surface area (Å²) in [6, 6.07) is 5.49. The van der Waals surface area contributed by atoms with Crippen molar-refractivity contribution in [2.45, 2.75) is 32.2 Å². The highest BCUT2D eigenvalue weighted by atomic mass is 79.9. The molecule has 1 N–H and O–H groups in total. The van der Waals surface area contributed by atoms with Crippen molar-refractivity contribution < 1.29 is 4.39 Å². The Kier molecular flexibility index (Phi) is 3.29. The van der Waals surface area contributed by atoms with E-state index in [1.165, 1.54) is 12.5 Å². The summed E-state index contributed by atoms with van der Waals surface area (Å²) in [6.45, 7) is 2.25. The number of hydrogen-bond donors (Lipinski definition) is 1. The molecule has 3 heteroatoms. The van der Waals surface area contributed by atoms with E-state index < -0.39 is 0 Å². The first-order valence-corrected chi connectivity index (χ1v) is 6.16. The minimum Gasteiger partial charge on any atom is -0.379 e. The summed E-state index contributed by atoms with van der Waals surface area (Å²) in [6.07, 6.45) is 3.52. The number of para-hydroxylation sites is 1. The van der Waals surface area contributed by atoms with Crippen LogP contribution in [0.1, 0.15) is 26.2 Å². The summed E-state index contributed by atoms with van der Waals surface area (Å²) < 4.78 is 14.3. The van der Waals surface area contributed by atoms with Crippen molar-refractivity contribution in [3.8, 4) is 0 Å². The molecule has 1 saturated carbocycles. The van der Waals surface area contributed by atoms with Crippen molar-refractivity contribution in [1.82, 2.24) is 0 Å². The van der Waals surface area contributed by atoms with E-state index in [1.807, 2.05) is 6.07 Å². The Morgan fingerprint density at radius 1 is 1.40 bits per heavy atom. The predicted octanol–water partition coefficient (Wildman–Crippen LogP) is 4.19. The minimum absolute atomic E-state index is 0.177. The third kappa shape index (κ3) is 2.51. The second-order valence-corrected chi connectivity index (χ2v) is 5.21. The molecule has 2 unspecified atom stereocenters. The lowest BCUT2D eigenvalue weighted by atomic mass is 10.1. The van der Waals surface area contributed by atoms with E-state index >= 15 is 0 Å². The molecule has 1 aliphatic carbocycles. The Bertz CT molecular complexity index is 333. The van der Waals surface area contributed by atoms with E-state index in [1.54, 1.807) is 6.07 Å². The first kappa shape index (κ1) is 10.9. The van der Waals surface area contributed by atoms with Crippen LogP contribution >= 0.6 is 15.9 Å². The molecule has 1 aliphatic rings. The quantitative estimate of drug-likeness (QED) is 0.851. The summed E-state index contributed by atoms with van der Waals surface area (Å²) in [5.41, 5.74) is 0.608. The Labute approximate surface area is 98.2 Å². The number of nitrogens with one attached hydrogen (secondary N) is 1. The zero-order chi connectivity index (χ0) is 10.8. The molecule has 0 heterocycles. The van der Waals surface area contributed by atoms with Gasteiger partial charge in [0.1, 0.15) is 5.82 Å². The van der Waals surface area contributed by atoms with Gasteiger partial charge in [-0.25, -0.2) is 4.39 Å². The lowest BCUT2D eigenvalue weighted by Gasteiger charge is -2.15. The molecule has 0 aromatic heterocycles. The van der Waals surface area contributed by atoms with Gasteiger partial charge in [-0.3, -0.25) is 0 Å². The van der Waals surface area contributed by atoms with Crippen molar-refractivity contribution in [2.24, 2.45) is 5.92 Å². The van der Waals surface area contributed by atoms with Gasteiger partial charge in [0.15, 0.2) is 0 Å². The number of halogens is 2. The van der Waals surface area contributed by atoms with Gasteiger partial charge in [-0.15, -0.1) is 0 Å². The van der Waals surface area contributed by atoms with Crippen LogP contribution in [0.4, 0.5) is 10.1 Å². The van der Waals surface area contributed by atoms with Gasteiger partial charge in [-0.05, 0) is 53.2 Å². The fourth-order valence-corrected chi connectivity index (χ4v) is 2.63. The van der Waals surface area contributed by atoms with Crippen LogP contribution in [0.3, 0.4) is 0 Å². The lowest BCUT2D eigenvalue weighted by Crippen LogP contribution is -2.16. The summed E-state index contributed by atoms with van der Waals surface area (Å²) in [4.78, 5) is 0. The molecular weight excluding hydrogens is 257 g/mol. The van der Waals surface area contributed by atoms with Crippen molar-refractivity contribution in [3.05, 3.63) is 28.5 Å². The minimum atomic E-state index is -0.177.